The Labute approximate surface area is 223 Å². The van der Waals surface area contributed by atoms with Gasteiger partial charge in [-0.2, -0.15) is 0 Å². The number of ether oxygens (including phenoxy) is 2. The van der Waals surface area contributed by atoms with Gasteiger partial charge in [-0.3, -0.25) is 9.59 Å². The first-order valence-electron chi connectivity index (χ1n) is 13.3. The fourth-order valence-electron chi connectivity index (χ4n) is 5.10. The number of phenols is 1. The smallest absolute Gasteiger partial charge is 0.225 e. The zero-order chi connectivity index (χ0) is 26.6. The van der Waals surface area contributed by atoms with E-state index in [-0.39, 0.29) is 29.5 Å². The van der Waals surface area contributed by atoms with Crippen molar-refractivity contribution in [2.45, 2.75) is 45.6 Å². The molecule has 0 fully saturated rings. The van der Waals surface area contributed by atoms with E-state index in [9.17, 15) is 14.7 Å². The van der Waals surface area contributed by atoms with Gasteiger partial charge in [-0.25, -0.2) is 0 Å². The van der Waals surface area contributed by atoms with Crippen molar-refractivity contribution in [3.63, 3.8) is 0 Å². The molecule has 38 heavy (non-hydrogen) atoms. The molecule has 198 valence electrons. The molecule has 3 aromatic carbocycles. The average molecular weight is 515 g/mol. The molecule has 1 atom stereocenters. The Morgan fingerprint density at radius 1 is 1.00 bits per heavy atom. The summed E-state index contributed by atoms with van der Waals surface area (Å²) in [5.74, 6) is 1.75. The van der Waals surface area contributed by atoms with Crippen LogP contribution in [0.15, 0.2) is 60.7 Å². The molecule has 8 bridgehead atoms. The predicted octanol–water partition coefficient (Wildman–Crippen LogP) is 5.15. The van der Waals surface area contributed by atoms with Crippen molar-refractivity contribution in [1.29, 1.82) is 0 Å². The largest absolute Gasteiger partial charge is 0.504 e. The van der Waals surface area contributed by atoms with Crippen LogP contribution in [0.2, 0.25) is 0 Å². The summed E-state index contributed by atoms with van der Waals surface area (Å²) in [6.45, 7) is 5.50. The molecule has 2 amide bonds. The second-order valence-corrected chi connectivity index (χ2v) is 10.2. The Morgan fingerprint density at radius 3 is 2.58 bits per heavy atom. The van der Waals surface area contributed by atoms with Gasteiger partial charge in [0.2, 0.25) is 11.8 Å². The van der Waals surface area contributed by atoms with Crippen LogP contribution in [-0.4, -0.2) is 41.5 Å². The van der Waals surface area contributed by atoms with Gasteiger partial charge in [0.1, 0.15) is 11.5 Å². The molecule has 7 heteroatoms. The molecule has 7 nitrogen and oxygen atoms in total. The molecule has 5 aliphatic rings. The maximum Gasteiger partial charge on any atom is 0.225 e. The van der Waals surface area contributed by atoms with Crippen LogP contribution in [0.25, 0.3) is 0 Å². The molecule has 1 unspecified atom stereocenters. The van der Waals surface area contributed by atoms with Crippen molar-refractivity contribution >= 4 is 11.8 Å². The molecular weight excluding hydrogens is 480 g/mol. The molecule has 2 N–H and O–H groups in total. The van der Waals surface area contributed by atoms with E-state index < -0.39 is 0 Å². The first kappa shape index (κ1) is 25.6. The van der Waals surface area contributed by atoms with Gasteiger partial charge >= 0.3 is 0 Å². The quantitative estimate of drug-likeness (QED) is 0.469. The monoisotopic (exact) mass is 514 g/mol. The molecule has 0 aliphatic carbocycles. The number of aromatic hydroxyl groups is 1. The summed E-state index contributed by atoms with van der Waals surface area (Å²) in [5.41, 5.74) is 4.10. The van der Waals surface area contributed by atoms with Crippen LogP contribution in [0.3, 0.4) is 0 Å². The number of hydrogen-bond donors (Lipinski definition) is 2. The fraction of sp³-hybridized carbons (Fsp3) is 0.355. The topological polar surface area (TPSA) is 88.1 Å². The highest BCUT2D eigenvalue weighted by Crippen LogP contribution is 2.40. The highest BCUT2D eigenvalue weighted by Gasteiger charge is 2.33. The summed E-state index contributed by atoms with van der Waals surface area (Å²) in [5, 5.41) is 13.4. The van der Waals surface area contributed by atoms with E-state index in [0.29, 0.717) is 56.9 Å². The van der Waals surface area contributed by atoms with Crippen LogP contribution in [0.4, 0.5) is 0 Å². The number of carbonyl (C=O) groups excluding carboxylic acids is 2. The minimum absolute atomic E-state index is 0.0269. The zero-order valence-electron chi connectivity index (χ0n) is 21.9. The number of hydrogen-bond acceptors (Lipinski definition) is 5. The summed E-state index contributed by atoms with van der Waals surface area (Å²) >= 11 is 0. The maximum absolute atomic E-state index is 13.2. The molecular formula is C31H34N2O5. The predicted molar refractivity (Wildman–Crippen MR) is 145 cm³/mol. The number of aryl methyl sites for hydroxylation is 1. The van der Waals surface area contributed by atoms with Crippen molar-refractivity contribution in [3.05, 3.63) is 82.9 Å². The highest BCUT2D eigenvalue weighted by molar-refractivity contribution is 5.79. The Hall–Kier alpha value is -4.00. The van der Waals surface area contributed by atoms with Crippen molar-refractivity contribution in [3.8, 4) is 23.0 Å². The van der Waals surface area contributed by atoms with Crippen LogP contribution >= 0.6 is 0 Å². The van der Waals surface area contributed by atoms with Crippen LogP contribution in [0.1, 0.15) is 55.0 Å². The minimum atomic E-state index is -0.210. The summed E-state index contributed by atoms with van der Waals surface area (Å²) in [6, 6.07) is 18.8. The molecule has 8 rings (SSSR count). The number of rotatable bonds is 1. The Kier molecular flexibility index (Phi) is 7.54. The van der Waals surface area contributed by atoms with Crippen molar-refractivity contribution < 1.29 is 24.2 Å². The lowest BCUT2D eigenvalue weighted by molar-refractivity contribution is -0.136. The van der Waals surface area contributed by atoms with Gasteiger partial charge in [-0.1, -0.05) is 38.1 Å². The standard InChI is InChI=1S/C31H34N2O5/c1-20(2)31(36)33-16-14-23-19-25-10-11-26(23)30(33)22-6-8-24(9-7-22)37-17-3-15-32-29(35)13-5-21-4-12-27(34)28(18-21)38-25/h4,6-12,18-20,30,34H,3,5,13-17H2,1-2H3,(H,32,35). The lowest BCUT2D eigenvalue weighted by Gasteiger charge is -2.39. The molecule has 3 aromatic rings. The average Bonchev–Trinajstić information content (AvgIpc) is 2.92. The van der Waals surface area contributed by atoms with E-state index in [4.69, 9.17) is 9.47 Å². The van der Waals surface area contributed by atoms with Crippen LogP contribution < -0.4 is 14.8 Å². The third-order valence-corrected chi connectivity index (χ3v) is 7.12. The second kappa shape index (κ2) is 11.2. The van der Waals surface area contributed by atoms with E-state index in [2.05, 4.69) is 5.32 Å². The molecule has 5 heterocycles. The third-order valence-electron chi connectivity index (χ3n) is 7.12. The fourth-order valence-corrected chi connectivity index (χ4v) is 5.10. The summed E-state index contributed by atoms with van der Waals surface area (Å²) in [7, 11) is 0. The van der Waals surface area contributed by atoms with Gasteiger partial charge in [0.05, 0.1) is 12.6 Å². The Morgan fingerprint density at radius 2 is 1.79 bits per heavy atom. The van der Waals surface area contributed by atoms with Gasteiger partial charge in [-0.05, 0) is 77.9 Å². The van der Waals surface area contributed by atoms with Gasteiger partial charge in [0.15, 0.2) is 11.5 Å². The molecule has 0 spiro atoms. The first-order chi connectivity index (χ1) is 18.4. The van der Waals surface area contributed by atoms with Gasteiger partial charge in [0.25, 0.3) is 0 Å². The van der Waals surface area contributed by atoms with Crippen LogP contribution in [0, 0.1) is 5.92 Å². The first-order valence-corrected chi connectivity index (χ1v) is 13.3. The van der Waals surface area contributed by atoms with Crippen molar-refractivity contribution in [2.75, 3.05) is 19.7 Å². The van der Waals surface area contributed by atoms with Crippen molar-refractivity contribution in [2.24, 2.45) is 5.92 Å². The molecule has 0 saturated carbocycles. The highest BCUT2D eigenvalue weighted by atomic mass is 16.5. The number of amides is 2. The third kappa shape index (κ3) is 5.62. The summed E-state index contributed by atoms with van der Waals surface area (Å²) in [4.78, 5) is 27.5. The molecule has 0 aromatic heterocycles. The van der Waals surface area contributed by atoms with Crippen LogP contribution in [0.5, 0.6) is 23.0 Å². The van der Waals surface area contributed by atoms with E-state index in [0.717, 1.165) is 28.0 Å². The summed E-state index contributed by atoms with van der Waals surface area (Å²) < 4.78 is 12.0. The number of carbonyl (C=O) groups is 2. The molecule has 0 saturated heterocycles. The SMILES string of the molecule is CC(C)C(=O)N1CCc2cc3ccc2C1c1ccc(cc1)OCCCNC(=O)CCc1ccc(O)c(c1)O3. The van der Waals surface area contributed by atoms with E-state index in [1.165, 1.54) is 0 Å². The van der Waals surface area contributed by atoms with E-state index >= 15 is 0 Å². The number of nitrogens with one attached hydrogen (secondary N) is 1. The lowest BCUT2D eigenvalue weighted by atomic mass is 9.87. The minimum Gasteiger partial charge on any atom is -0.504 e. The number of nitrogens with zero attached hydrogens (tertiary/aromatic N) is 1. The zero-order valence-corrected chi connectivity index (χ0v) is 21.9. The van der Waals surface area contributed by atoms with E-state index in [1.54, 1.807) is 18.2 Å². The second-order valence-electron chi connectivity index (χ2n) is 10.2. The molecule has 0 radical (unpaired) electrons. The Balaban J connectivity index is 1.53. The summed E-state index contributed by atoms with van der Waals surface area (Å²) in [6.07, 6.45) is 2.29. The number of phenolic OH excluding ortho intramolecular Hbond substituents is 1. The van der Waals surface area contributed by atoms with Gasteiger partial charge in [-0.15, -0.1) is 0 Å². The molecule has 5 aliphatic heterocycles. The van der Waals surface area contributed by atoms with Crippen LogP contribution in [-0.2, 0) is 22.4 Å². The Bertz CT molecular complexity index is 1320. The lowest BCUT2D eigenvalue weighted by Crippen LogP contribution is -2.42. The maximum atomic E-state index is 13.2. The van der Waals surface area contributed by atoms with E-state index in [1.807, 2.05) is 61.2 Å². The number of benzene rings is 3. The van der Waals surface area contributed by atoms with Crippen molar-refractivity contribution in [1.82, 2.24) is 10.2 Å². The van der Waals surface area contributed by atoms with Gasteiger partial charge < -0.3 is 24.8 Å². The van der Waals surface area contributed by atoms with Gasteiger partial charge in [0, 0.05) is 25.4 Å². The normalized spacial score (nSPS) is 17.8.